The molecular weight excluding hydrogens is 296 g/mol. The van der Waals surface area contributed by atoms with Crippen LogP contribution in [-0.4, -0.2) is 34.5 Å². The second-order valence-electron chi connectivity index (χ2n) is 4.47. The van der Waals surface area contributed by atoms with Crippen LogP contribution in [0.15, 0.2) is 30.0 Å². The van der Waals surface area contributed by atoms with Gasteiger partial charge in [0.05, 0.1) is 21.9 Å². The van der Waals surface area contributed by atoms with E-state index in [0.717, 1.165) is 5.01 Å². The summed E-state index contributed by atoms with van der Waals surface area (Å²) in [6, 6.07) is 1.46. The van der Waals surface area contributed by atoms with E-state index < -0.39 is 0 Å². The maximum atomic E-state index is 12.1. The lowest BCUT2D eigenvalue weighted by Crippen LogP contribution is -2.34. The Hall–Kier alpha value is -1.66. The van der Waals surface area contributed by atoms with Crippen molar-refractivity contribution < 1.29 is 4.79 Å². The summed E-state index contributed by atoms with van der Waals surface area (Å²) in [5.74, 6) is 0.197. The molecule has 0 radical (unpaired) electrons. The van der Waals surface area contributed by atoms with E-state index in [2.05, 4.69) is 15.3 Å². The Labute approximate surface area is 126 Å². The number of aromatic nitrogens is 2. The number of urea groups is 1. The Kier molecular flexibility index (Phi) is 4.92. The molecule has 2 rings (SSSR count). The number of carbonyl (C=O) groups is 1. The van der Waals surface area contributed by atoms with E-state index in [1.54, 1.807) is 41.7 Å². The molecule has 5 nitrogen and oxygen atoms in total. The van der Waals surface area contributed by atoms with Gasteiger partial charge in [-0.3, -0.25) is 4.98 Å². The predicted molar refractivity (Wildman–Crippen MR) is 81.4 cm³/mol. The van der Waals surface area contributed by atoms with Crippen LogP contribution in [0.2, 0.25) is 5.02 Å². The molecule has 0 aromatic carbocycles. The van der Waals surface area contributed by atoms with Gasteiger partial charge in [-0.05, 0) is 6.07 Å². The number of rotatable bonds is 4. The van der Waals surface area contributed by atoms with Crippen molar-refractivity contribution in [2.75, 3.05) is 18.9 Å². The van der Waals surface area contributed by atoms with Gasteiger partial charge in [0.2, 0.25) is 0 Å². The number of amides is 2. The summed E-state index contributed by atoms with van der Waals surface area (Å²) >= 11 is 7.42. The molecule has 0 aliphatic carbocycles. The fraction of sp³-hybridized carbons (Fsp3) is 0.308. The number of likely N-dealkylation sites (N-methyl/N-ethyl adjacent to an activating group) is 1. The van der Waals surface area contributed by atoms with Crippen molar-refractivity contribution in [1.29, 1.82) is 0 Å². The molecule has 2 aromatic rings. The van der Waals surface area contributed by atoms with Crippen molar-refractivity contribution in [3.8, 4) is 0 Å². The van der Waals surface area contributed by atoms with E-state index in [4.69, 9.17) is 11.6 Å². The molecule has 20 heavy (non-hydrogen) atoms. The number of carbonyl (C=O) groups excluding carboxylic acids is 1. The zero-order valence-electron chi connectivity index (χ0n) is 11.2. The third-order valence-corrected chi connectivity index (χ3v) is 3.94. The van der Waals surface area contributed by atoms with Crippen LogP contribution < -0.4 is 5.32 Å². The SMILES string of the molecule is CC(CN(C)C(=O)Nc1cncc(Cl)c1)c1nccs1. The first-order valence-corrected chi connectivity index (χ1v) is 7.34. The molecule has 7 heteroatoms. The fourth-order valence-corrected chi connectivity index (χ4v) is 2.61. The first kappa shape index (κ1) is 14.7. The summed E-state index contributed by atoms with van der Waals surface area (Å²) in [4.78, 5) is 21.9. The maximum Gasteiger partial charge on any atom is 0.321 e. The van der Waals surface area contributed by atoms with Gasteiger partial charge in [-0.2, -0.15) is 0 Å². The van der Waals surface area contributed by atoms with Crippen LogP contribution in [0.1, 0.15) is 17.8 Å². The van der Waals surface area contributed by atoms with Crippen LogP contribution in [0.4, 0.5) is 10.5 Å². The van der Waals surface area contributed by atoms with Crippen LogP contribution in [0.3, 0.4) is 0 Å². The van der Waals surface area contributed by atoms with Gasteiger partial charge in [-0.1, -0.05) is 18.5 Å². The van der Waals surface area contributed by atoms with Crippen LogP contribution in [0.5, 0.6) is 0 Å². The van der Waals surface area contributed by atoms with E-state index in [0.29, 0.717) is 17.3 Å². The van der Waals surface area contributed by atoms with E-state index >= 15 is 0 Å². The molecule has 1 atom stereocenters. The molecule has 0 aliphatic heterocycles. The van der Waals surface area contributed by atoms with Crippen LogP contribution in [0, 0.1) is 0 Å². The average molecular weight is 311 g/mol. The number of pyridine rings is 1. The molecule has 106 valence electrons. The van der Waals surface area contributed by atoms with Gasteiger partial charge in [-0.25, -0.2) is 9.78 Å². The number of hydrogen-bond donors (Lipinski definition) is 1. The second-order valence-corrected chi connectivity index (χ2v) is 5.84. The predicted octanol–water partition coefficient (Wildman–Crippen LogP) is 3.46. The van der Waals surface area contributed by atoms with Gasteiger partial charge in [0.1, 0.15) is 0 Å². The number of thiazole rings is 1. The molecule has 0 bridgehead atoms. The summed E-state index contributed by atoms with van der Waals surface area (Å²) < 4.78 is 0. The number of nitrogens with one attached hydrogen (secondary N) is 1. The van der Waals surface area contributed by atoms with Crippen LogP contribution in [0.25, 0.3) is 0 Å². The quantitative estimate of drug-likeness (QED) is 0.941. The molecule has 0 saturated heterocycles. The Morgan fingerprint density at radius 1 is 1.55 bits per heavy atom. The highest BCUT2D eigenvalue weighted by Crippen LogP contribution is 2.19. The van der Waals surface area contributed by atoms with Crippen molar-refractivity contribution in [3.05, 3.63) is 40.1 Å². The molecule has 2 amide bonds. The van der Waals surface area contributed by atoms with Gasteiger partial charge in [0.15, 0.2) is 0 Å². The highest BCUT2D eigenvalue weighted by Gasteiger charge is 2.15. The van der Waals surface area contributed by atoms with Crippen LogP contribution >= 0.6 is 22.9 Å². The van der Waals surface area contributed by atoms with Crippen molar-refractivity contribution in [2.45, 2.75) is 12.8 Å². The van der Waals surface area contributed by atoms with E-state index in [9.17, 15) is 4.79 Å². The normalized spacial score (nSPS) is 11.9. The first-order chi connectivity index (χ1) is 9.56. The Morgan fingerprint density at radius 3 is 3.00 bits per heavy atom. The molecule has 0 fully saturated rings. The van der Waals surface area contributed by atoms with Gasteiger partial charge in [0.25, 0.3) is 0 Å². The Bertz CT molecular complexity index is 576. The van der Waals surface area contributed by atoms with E-state index in [1.165, 1.54) is 6.20 Å². The maximum absolute atomic E-state index is 12.1. The standard InChI is InChI=1S/C13H15ClN4OS/c1-9(12-16-3-4-20-12)8-18(2)13(19)17-11-5-10(14)6-15-7-11/h3-7,9H,8H2,1-2H3,(H,17,19). The monoisotopic (exact) mass is 310 g/mol. The fourth-order valence-electron chi connectivity index (χ4n) is 1.75. The highest BCUT2D eigenvalue weighted by atomic mass is 35.5. The number of nitrogens with zero attached hydrogens (tertiary/aromatic N) is 3. The molecule has 1 N–H and O–H groups in total. The molecule has 2 aromatic heterocycles. The first-order valence-electron chi connectivity index (χ1n) is 6.08. The van der Waals surface area contributed by atoms with Crippen LogP contribution in [-0.2, 0) is 0 Å². The Balaban J connectivity index is 1.92. The lowest BCUT2D eigenvalue weighted by atomic mass is 10.2. The summed E-state index contributed by atoms with van der Waals surface area (Å²) in [6.07, 6.45) is 4.85. The van der Waals surface area contributed by atoms with Crippen molar-refractivity contribution in [3.63, 3.8) is 0 Å². The largest absolute Gasteiger partial charge is 0.327 e. The second kappa shape index (κ2) is 6.67. The highest BCUT2D eigenvalue weighted by molar-refractivity contribution is 7.09. The summed E-state index contributed by atoms with van der Waals surface area (Å²) in [5, 5.41) is 6.20. The van der Waals surface area contributed by atoms with Crippen molar-refractivity contribution >= 4 is 34.7 Å². The minimum atomic E-state index is -0.197. The molecule has 2 heterocycles. The zero-order chi connectivity index (χ0) is 14.5. The molecule has 0 saturated carbocycles. The number of hydrogen-bond acceptors (Lipinski definition) is 4. The lowest BCUT2D eigenvalue weighted by molar-refractivity contribution is 0.220. The van der Waals surface area contributed by atoms with Crippen molar-refractivity contribution in [1.82, 2.24) is 14.9 Å². The molecular formula is C13H15ClN4OS. The summed E-state index contributed by atoms with van der Waals surface area (Å²) in [7, 11) is 1.75. The van der Waals surface area contributed by atoms with Gasteiger partial charge in [-0.15, -0.1) is 11.3 Å². The Morgan fingerprint density at radius 2 is 2.35 bits per heavy atom. The molecule has 0 spiro atoms. The topological polar surface area (TPSA) is 58.1 Å². The lowest BCUT2D eigenvalue weighted by Gasteiger charge is -2.20. The summed E-state index contributed by atoms with van der Waals surface area (Å²) in [6.45, 7) is 2.64. The third kappa shape index (κ3) is 3.91. The average Bonchev–Trinajstić information content (AvgIpc) is 2.92. The molecule has 1 unspecified atom stereocenters. The van der Waals surface area contributed by atoms with Gasteiger partial charge >= 0.3 is 6.03 Å². The van der Waals surface area contributed by atoms with E-state index in [1.807, 2.05) is 12.3 Å². The zero-order valence-corrected chi connectivity index (χ0v) is 12.8. The summed E-state index contributed by atoms with van der Waals surface area (Å²) in [5.41, 5.74) is 0.580. The van der Waals surface area contributed by atoms with Crippen molar-refractivity contribution in [2.24, 2.45) is 0 Å². The third-order valence-electron chi connectivity index (χ3n) is 2.72. The smallest absolute Gasteiger partial charge is 0.321 e. The number of anilines is 1. The molecule has 0 aliphatic rings. The minimum Gasteiger partial charge on any atom is -0.327 e. The van der Waals surface area contributed by atoms with Gasteiger partial charge < -0.3 is 10.2 Å². The minimum absolute atomic E-state index is 0.197. The number of halogens is 1. The van der Waals surface area contributed by atoms with Gasteiger partial charge in [0, 0.05) is 37.3 Å². The van der Waals surface area contributed by atoms with E-state index in [-0.39, 0.29) is 11.9 Å².